The third kappa shape index (κ3) is 58.0. The molecule has 0 radical (unpaired) electrons. The lowest BCUT2D eigenvalue weighted by molar-refractivity contribution is 1.64. The van der Waals surface area contributed by atoms with Crippen LogP contribution in [0, 0.1) is 11.8 Å². The summed E-state index contributed by atoms with van der Waals surface area (Å²) in [6.07, 6.45) is 4.00. The van der Waals surface area contributed by atoms with E-state index in [2.05, 4.69) is 11.8 Å². The zero-order chi connectivity index (χ0) is 6.83. The van der Waals surface area contributed by atoms with Gasteiger partial charge >= 0.3 is 0 Å². The van der Waals surface area contributed by atoms with Crippen LogP contribution >= 0.6 is 0 Å². The molecule has 0 aliphatic heterocycles. The zero-order valence-electron chi connectivity index (χ0n) is 6.15. The van der Waals surface area contributed by atoms with Crippen molar-refractivity contribution in [2.45, 2.75) is 27.7 Å². The summed E-state index contributed by atoms with van der Waals surface area (Å²) in [5.74, 6) is 5.36. The van der Waals surface area contributed by atoms with Gasteiger partial charge in [0.1, 0.15) is 0 Å². The van der Waals surface area contributed by atoms with E-state index in [0.29, 0.717) is 0 Å². The molecule has 0 aliphatic carbocycles. The molecule has 0 rings (SSSR count). The van der Waals surface area contributed by atoms with E-state index in [-0.39, 0.29) is 0 Å². The van der Waals surface area contributed by atoms with Gasteiger partial charge in [0.05, 0.1) is 0 Å². The first-order chi connectivity index (χ1) is 3.83. The van der Waals surface area contributed by atoms with Crippen molar-refractivity contribution in [2.75, 3.05) is 0 Å². The molecule has 0 aromatic rings. The van der Waals surface area contributed by atoms with Crippen LogP contribution in [0.2, 0.25) is 0 Å². The van der Waals surface area contributed by atoms with Gasteiger partial charge in [0.2, 0.25) is 0 Å². The summed E-state index contributed by atoms with van der Waals surface area (Å²) in [5, 5.41) is 0. The Kier molecular flexibility index (Phi) is 21.0. The Bertz CT molecular complexity index is 78.3. The maximum absolute atomic E-state index is 2.68. The average molecular weight is 110 g/mol. The molecule has 0 N–H and O–H groups in total. The van der Waals surface area contributed by atoms with E-state index in [1.54, 1.807) is 0 Å². The van der Waals surface area contributed by atoms with Gasteiger partial charge < -0.3 is 0 Å². The van der Waals surface area contributed by atoms with E-state index in [1.165, 1.54) is 0 Å². The minimum absolute atomic E-state index is 1.82. The molecular weight excluding hydrogens is 96.1 g/mol. The van der Waals surface area contributed by atoms with E-state index in [1.807, 2.05) is 39.8 Å². The van der Waals surface area contributed by atoms with Gasteiger partial charge in [0, 0.05) is 0 Å². The topological polar surface area (TPSA) is 0 Å². The molecule has 0 aromatic heterocycles. The fourth-order valence-corrected chi connectivity index (χ4v) is 0. The molecule has 0 bridgehead atoms. The lowest BCUT2D eigenvalue weighted by Gasteiger charge is -1.49. The van der Waals surface area contributed by atoms with Crippen molar-refractivity contribution in [3.8, 4) is 11.8 Å². The Morgan fingerprint density at radius 2 is 1.12 bits per heavy atom. The van der Waals surface area contributed by atoms with Gasteiger partial charge in [-0.25, -0.2) is 0 Å². The predicted molar refractivity (Wildman–Crippen MR) is 39.6 cm³/mol. The molecule has 0 heteroatoms. The van der Waals surface area contributed by atoms with Gasteiger partial charge in [-0.3, -0.25) is 0 Å². The Morgan fingerprint density at radius 3 is 1.12 bits per heavy atom. The van der Waals surface area contributed by atoms with Crippen molar-refractivity contribution in [3.63, 3.8) is 0 Å². The Labute approximate surface area is 52.6 Å². The molecule has 0 spiro atoms. The third-order valence-electron chi connectivity index (χ3n) is 0.583. The maximum atomic E-state index is 2.68. The van der Waals surface area contributed by atoms with Crippen LogP contribution in [0.4, 0.5) is 0 Å². The van der Waals surface area contributed by atoms with Crippen LogP contribution in [0.25, 0.3) is 0 Å². The second-order valence-corrected chi connectivity index (χ2v) is 1.17. The van der Waals surface area contributed by atoms with Crippen LogP contribution in [-0.4, -0.2) is 0 Å². The highest BCUT2D eigenvalue weighted by atomic mass is 13.4. The van der Waals surface area contributed by atoms with E-state index >= 15 is 0 Å². The molecular formula is C8H14. The van der Waals surface area contributed by atoms with E-state index in [9.17, 15) is 0 Å². The monoisotopic (exact) mass is 110 g/mol. The van der Waals surface area contributed by atoms with Gasteiger partial charge in [-0.05, 0) is 27.7 Å². The zero-order valence-corrected chi connectivity index (χ0v) is 6.15. The van der Waals surface area contributed by atoms with E-state index < -0.39 is 0 Å². The van der Waals surface area contributed by atoms with Crippen molar-refractivity contribution in [2.24, 2.45) is 0 Å². The number of allylic oxidation sites excluding steroid dienone is 2. The van der Waals surface area contributed by atoms with Crippen LogP contribution in [0.1, 0.15) is 27.7 Å². The second kappa shape index (κ2) is 16.3. The molecule has 0 saturated carbocycles. The lowest BCUT2D eigenvalue weighted by atomic mass is 10.6. The molecule has 0 aliphatic rings. The predicted octanol–water partition coefficient (Wildman–Crippen LogP) is 2.61. The minimum Gasteiger partial charge on any atom is -0.107 e. The van der Waals surface area contributed by atoms with Crippen molar-refractivity contribution in [1.29, 1.82) is 0 Å². The SMILES string of the molecule is CC#CC.CC=CC. The molecule has 0 heterocycles. The molecule has 0 fully saturated rings. The average Bonchev–Trinajstić information content (AvgIpc) is 1.88. The quantitative estimate of drug-likeness (QED) is 0.332. The second-order valence-electron chi connectivity index (χ2n) is 1.17. The van der Waals surface area contributed by atoms with Gasteiger partial charge in [-0.15, -0.1) is 11.8 Å². The Balaban J connectivity index is 0. The summed E-state index contributed by atoms with van der Waals surface area (Å²) < 4.78 is 0. The van der Waals surface area contributed by atoms with Gasteiger partial charge in [-0.1, -0.05) is 12.2 Å². The van der Waals surface area contributed by atoms with Crippen molar-refractivity contribution in [1.82, 2.24) is 0 Å². The number of hydrogen-bond donors (Lipinski definition) is 0. The van der Waals surface area contributed by atoms with Gasteiger partial charge in [0.15, 0.2) is 0 Å². The van der Waals surface area contributed by atoms with E-state index in [4.69, 9.17) is 0 Å². The molecule has 0 aromatic carbocycles. The molecule has 46 valence electrons. The Morgan fingerprint density at radius 1 is 0.875 bits per heavy atom. The first kappa shape index (κ1) is 10.3. The van der Waals surface area contributed by atoms with Crippen LogP contribution in [0.3, 0.4) is 0 Å². The number of hydrogen-bond acceptors (Lipinski definition) is 0. The summed E-state index contributed by atoms with van der Waals surface area (Å²) in [6, 6.07) is 0. The fourth-order valence-electron chi connectivity index (χ4n) is 0. The highest BCUT2D eigenvalue weighted by Crippen LogP contribution is 1.57. The summed E-state index contributed by atoms with van der Waals surface area (Å²) >= 11 is 0. The molecule has 0 nitrogen and oxygen atoms in total. The van der Waals surface area contributed by atoms with Crippen LogP contribution in [0.5, 0.6) is 0 Å². The van der Waals surface area contributed by atoms with Gasteiger partial charge in [0.25, 0.3) is 0 Å². The normalized spacial score (nSPS) is 6.50. The summed E-state index contributed by atoms with van der Waals surface area (Å²) in [5.41, 5.74) is 0. The molecule has 0 unspecified atom stereocenters. The first-order valence-corrected chi connectivity index (χ1v) is 2.74. The van der Waals surface area contributed by atoms with Crippen molar-refractivity contribution in [3.05, 3.63) is 12.2 Å². The smallest absolute Gasteiger partial charge is 0.00271 e. The minimum atomic E-state index is 1.82. The molecule has 0 amide bonds. The van der Waals surface area contributed by atoms with Crippen LogP contribution < -0.4 is 0 Å². The van der Waals surface area contributed by atoms with Crippen molar-refractivity contribution < 1.29 is 0 Å². The van der Waals surface area contributed by atoms with Crippen LogP contribution in [0.15, 0.2) is 12.2 Å². The first-order valence-electron chi connectivity index (χ1n) is 2.74. The van der Waals surface area contributed by atoms with Crippen molar-refractivity contribution >= 4 is 0 Å². The summed E-state index contributed by atoms with van der Waals surface area (Å²) in [6.45, 7) is 7.64. The molecule has 0 atom stereocenters. The lowest BCUT2D eigenvalue weighted by Crippen LogP contribution is -1.28. The molecule has 0 saturated heterocycles. The fraction of sp³-hybridized carbons (Fsp3) is 0.500. The highest BCUT2D eigenvalue weighted by Gasteiger charge is 1.34. The highest BCUT2D eigenvalue weighted by molar-refractivity contribution is 4.89. The number of rotatable bonds is 0. The Hall–Kier alpha value is -0.700. The van der Waals surface area contributed by atoms with Crippen LogP contribution in [-0.2, 0) is 0 Å². The standard InChI is InChI=1S/C4H8.C4H6/c2*1-3-4-2/h3-4H,1-2H3;1-2H3. The summed E-state index contributed by atoms with van der Waals surface area (Å²) in [4.78, 5) is 0. The molecule has 8 heavy (non-hydrogen) atoms. The largest absolute Gasteiger partial charge is 0.107 e. The van der Waals surface area contributed by atoms with E-state index in [0.717, 1.165) is 0 Å². The maximum Gasteiger partial charge on any atom is -0.00271 e. The van der Waals surface area contributed by atoms with Gasteiger partial charge in [-0.2, -0.15) is 0 Å². The summed E-state index contributed by atoms with van der Waals surface area (Å²) in [7, 11) is 0. The third-order valence-corrected chi connectivity index (χ3v) is 0.583.